The number of unbranched alkanes of at least 4 members (excludes halogenated alkanes) is 4. The van der Waals surface area contributed by atoms with Crippen molar-refractivity contribution in [1.82, 2.24) is 0 Å². The number of hydrogen-bond acceptors (Lipinski definition) is 6. The number of rotatable bonds is 23. The van der Waals surface area contributed by atoms with Crippen molar-refractivity contribution in [3.05, 3.63) is 0 Å². The smallest absolute Gasteiger partial charge is 0.0701 e. The summed E-state index contributed by atoms with van der Waals surface area (Å²) < 4.78 is 33.5. The molecule has 0 aromatic carbocycles. The summed E-state index contributed by atoms with van der Waals surface area (Å²) in [5.74, 6) is 0. The molecule has 0 amide bonds. The molecule has 0 aromatic rings. The van der Waals surface area contributed by atoms with Gasteiger partial charge in [-0.1, -0.05) is 55.2 Å². The van der Waals surface area contributed by atoms with Gasteiger partial charge in [-0.25, -0.2) is 0 Å². The predicted molar refractivity (Wildman–Crippen MR) is 113 cm³/mol. The van der Waals surface area contributed by atoms with Gasteiger partial charge >= 0.3 is 0 Å². The van der Waals surface area contributed by atoms with E-state index in [4.69, 9.17) is 28.4 Å². The third kappa shape index (κ3) is 24.5. The second kappa shape index (κ2) is 25.5. The maximum absolute atomic E-state index is 5.53. The van der Waals surface area contributed by atoms with Gasteiger partial charge in [0, 0.05) is 11.0 Å². The number of ether oxygens (including phenoxy) is 6. The second-order valence-electron chi connectivity index (χ2n) is 5.78. The fourth-order valence-corrected chi connectivity index (χ4v) is 2.38. The lowest BCUT2D eigenvalue weighted by Gasteiger charge is -2.08. The van der Waals surface area contributed by atoms with Gasteiger partial charge in [-0.05, 0) is 6.42 Å². The Morgan fingerprint density at radius 2 is 0.769 bits per heavy atom. The first kappa shape index (κ1) is 26.5. The molecular formula is C19H39IO6. The summed E-state index contributed by atoms with van der Waals surface area (Å²) in [4.78, 5) is 0. The van der Waals surface area contributed by atoms with Crippen LogP contribution in [0.1, 0.15) is 39.0 Å². The molecule has 0 heterocycles. The molecular weight excluding hydrogens is 451 g/mol. The zero-order valence-electron chi connectivity index (χ0n) is 16.6. The van der Waals surface area contributed by atoms with Crippen LogP contribution in [0, 0.1) is 0 Å². The molecule has 0 unspecified atom stereocenters. The average Bonchev–Trinajstić information content (AvgIpc) is 2.66. The highest BCUT2D eigenvalue weighted by atomic mass is 127. The molecule has 0 aromatic heterocycles. The van der Waals surface area contributed by atoms with Gasteiger partial charge in [0.2, 0.25) is 0 Å². The lowest BCUT2D eigenvalue weighted by atomic mass is 10.2. The van der Waals surface area contributed by atoms with Crippen LogP contribution in [0.4, 0.5) is 0 Å². The Hall–Kier alpha value is 0.490. The molecule has 0 spiro atoms. The Kier molecular flexibility index (Phi) is 26.0. The van der Waals surface area contributed by atoms with Crippen molar-refractivity contribution < 1.29 is 28.4 Å². The molecule has 0 fully saturated rings. The molecule has 26 heavy (non-hydrogen) atoms. The van der Waals surface area contributed by atoms with Crippen molar-refractivity contribution in [3.8, 4) is 0 Å². The van der Waals surface area contributed by atoms with Gasteiger partial charge in [0.1, 0.15) is 0 Å². The molecule has 0 aliphatic heterocycles. The van der Waals surface area contributed by atoms with Gasteiger partial charge in [-0.3, -0.25) is 0 Å². The first-order chi connectivity index (χ1) is 12.9. The van der Waals surface area contributed by atoms with E-state index in [-0.39, 0.29) is 0 Å². The fraction of sp³-hybridized carbons (Fsp3) is 1.00. The maximum Gasteiger partial charge on any atom is 0.0701 e. The zero-order chi connectivity index (χ0) is 19.0. The van der Waals surface area contributed by atoms with Gasteiger partial charge in [-0.15, -0.1) is 0 Å². The third-order valence-corrected chi connectivity index (χ3v) is 3.91. The summed E-state index contributed by atoms with van der Waals surface area (Å²) >= 11 is 2.28. The van der Waals surface area contributed by atoms with Crippen molar-refractivity contribution in [3.63, 3.8) is 0 Å². The fourth-order valence-electron chi connectivity index (χ4n) is 2.06. The molecule has 0 N–H and O–H groups in total. The molecule has 7 heteroatoms. The molecule has 0 saturated heterocycles. The van der Waals surface area contributed by atoms with Crippen molar-refractivity contribution in [2.45, 2.75) is 39.0 Å². The van der Waals surface area contributed by atoms with E-state index in [1.54, 1.807) is 0 Å². The molecule has 0 bridgehead atoms. The van der Waals surface area contributed by atoms with E-state index < -0.39 is 0 Å². The lowest BCUT2D eigenvalue weighted by Crippen LogP contribution is -2.14. The van der Waals surface area contributed by atoms with E-state index >= 15 is 0 Å². The number of alkyl halides is 1. The van der Waals surface area contributed by atoms with Gasteiger partial charge in [0.05, 0.1) is 72.7 Å². The van der Waals surface area contributed by atoms with E-state index in [0.717, 1.165) is 24.1 Å². The topological polar surface area (TPSA) is 55.4 Å². The highest BCUT2D eigenvalue weighted by molar-refractivity contribution is 14.1. The Morgan fingerprint density at radius 1 is 0.423 bits per heavy atom. The van der Waals surface area contributed by atoms with Crippen molar-refractivity contribution in [2.24, 2.45) is 0 Å². The summed E-state index contributed by atoms with van der Waals surface area (Å²) in [5, 5.41) is 0. The SMILES string of the molecule is CCCCCCCOCCOCCOCCOCCOCCOCCI. The Labute approximate surface area is 173 Å². The molecule has 6 nitrogen and oxygen atoms in total. The van der Waals surface area contributed by atoms with Crippen molar-refractivity contribution in [1.29, 1.82) is 0 Å². The summed E-state index contributed by atoms with van der Waals surface area (Å²) in [7, 11) is 0. The van der Waals surface area contributed by atoms with Crippen molar-refractivity contribution in [2.75, 3.05) is 83.7 Å². The van der Waals surface area contributed by atoms with Crippen LogP contribution in [0.15, 0.2) is 0 Å². The molecule has 0 aliphatic rings. The Bertz CT molecular complexity index is 222. The molecule has 158 valence electrons. The number of hydrogen-bond donors (Lipinski definition) is 0. The van der Waals surface area contributed by atoms with Crippen LogP contribution in [0.5, 0.6) is 0 Å². The summed E-state index contributed by atoms with van der Waals surface area (Å²) in [6.07, 6.45) is 6.35. The van der Waals surface area contributed by atoms with E-state index in [2.05, 4.69) is 29.5 Å². The normalized spacial score (nSPS) is 11.3. The number of halogens is 1. The largest absolute Gasteiger partial charge is 0.379 e. The first-order valence-electron chi connectivity index (χ1n) is 9.94. The third-order valence-electron chi connectivity index (χ3n) is 3.47. The van der Waals surface area contributed by atoms with Crippen LogP contribution in [-0.4, -0.2) is 83.7 Å². The lowest BCUT2D eigenvalue weighted by molar-refractivity contribution is -0.0161. The van der Waals surface area contributed by atoms with Crippen LogP contribution in [0.3, 0.4) is 0 Å². The minimum Gasteiger partial charge on any atom is -0.379 e. The average molecular weight is 490 g/mol. The van der Waals surface area contributed by atoms with Gasteiger partial charge in [0.25, 0.3) is 0 Å². The van der Waals surface area contributed by atoms with Crippen LogP contribution in [0.25, 0.3) is 0 Å². The first-order valence-corrected chi connectivity index (χ1v) is 11.5. The van der Waals surface area contributed by atoms with Crippen LogP contribution < -0.4 is 0 Å². The summed E-state index contributed by atoms with van der Waals surface area (Å²) in [5.41, 5.74) is 0. The van der Waals surface area contributed by atoms with Gasteiger partial charge in [-0.2, -0.15) is 0 Å². The standard InChI is InChI=1S/C19H39IO6/c1-2-3-4-5-6-8-21-10-12-23-14-16-25-18-19-26-17-15-24-13-11-22-9-7-20/h2-19H2,1H3. The van der Waals surface area contributed by atoms with Crippen LogP contribution >= 0.6 is 22.6 Å². The maximum atomic E-state index is 5.53. The highest BCUT2D eigenvalue weighted by Crippen LogP contribution is 2.02. The second-order valence-corrected chi connectivity index (χ2v) is 6.86. The minimum absolute atomic E-state index is 0.579. The highest BCUT2D eigenvalue weighted by Gasteiger charge is 1.94. The van der Waals surface area contributed by atoms with E-state index in [1.165, 1.54) is 25.7 Å². The van der Waals surface area contributed by atoms with Crippen molar-refractivity contribution >= 4 is 22.6 Å². The summed E-state index contributed by atoms with van der Waals surface area (Å²) in [6.45, 7) is 9.95. The minimum atomic E-state index is 0.579. The monoisotopic (exact) mass is 490 g/mol. The van der Waals surface area contributed by atoms with E-state index in [1.807, 2.05) is 0 Å². The zero-order valence-corrected chi connectivity index (χ0v) is 18.7. The van der Waals surface area contributed by atoms with Gasteiger partial charge < -0.3 is 28.4 Å². The van der Waals surface area contributed by atoms with E-state index in [9.17, 15) is 0 Å². The molecule has 0 rings (SSSR count). The molecule has 0 atom stereocenters. The summed E-state index contributed by atoms with van der Waals surface area (Å²) in [6, 6.07) is 0. The predicted octanol–water partition coefficient (Wildman–Crippen LogP) is 3.49. The molecule has 0 aliphatic carbocycles. The Morgan fingerprint density at radius 3 is 1.15 bits per heavy atom. The molecule has 0 radical (unpaired) electrons. The van der Waals surface area contributed by atoms with Crippen LogP contribution in [-0.2, 0) is 28.4 Å². The quantitative estimate of drug-likeness (QED) is 0.124. The van der Waals surface area contributed by atoms with Gasteiger partial charge in [0.15, 0.2) is 0 Å². The Balaban J connectivity index is 2.95. The van der Waals surface area contributed by atoms with Crippen LogP contribution in [0.2, 0.25) is 0 Å². The molecule has 0 saturated carbocycles. The van der Waals surface area contributed by atoms with E-state index in [0.29, 0.717) is 66.1 Å².